The molecule has 0 bridgehead atoms. The van der Waals surface area contributed by atoms with Gasteiger partial charge in [-0.05, 0) is 30.2 Å². The van der Waals surface area contributed by atoms with E-state index in [1.54, 1.807) is 24.3 Å². The van der Waals surface area contributed by atoms with Crippen LogP contribution in [0.2, 0.25) is 0 Å². The van der Waals surface area contributed by atoms with Crippen LogP contribution in [0.1, 0.15) is 22.5 Å². The van der Waals surface area contributed by atoms with Gasteiger partial charge in [-0.1, -0.05) is 6.07 Å². The maximum absolute atomic E-state index is 12.5. The number of aryl methyl sites for hydroxylation is 1. The van der Waals surface area contributed by atoms with Crippen molar-refractivity contribution in [2.24, 2.45) is 0 Å². The number of benzene rings is 2. The molecule has 2 N–H and O–H groups in total. The summed E-state index contributed by atoms with van der Waals surface area (Å²) >= 11 is 0. The Morgan fingerprint density at radius 3 is 2.35 bits per heavy atom. The van der Waals surface area contributed by atoms with Crippen LogP contribution in [0, 0.1) is 0 Å². The normalized spacial score (nSPS) is 13.1. The third kappa shape index (κ3) is 2.34. The summed E-state index contributed by atoms with van der Waals surface area (Å²) in [6, 6.07) is 8.21. The number of Topliss-reactive ketones (excluding diaryl/α,β-unsaturated/α-hetero) is 1. The van der Waals surface area contributed by atoms with Gasteiger partial charge >= 0.3 is 0 Å². The second-order valence-corrected chi connectivity index (χ2v) is 6.16. The van der Waals surface area contributed by atoms with Gasteiger partial charge in [0.2, 0.25) is 0 Å². The molecule has 0 radical (unpaired) electrons. The number of hydrogen-bond acceptors (Lipinski definition) is 6. The van der Waals surface area contributed by atoms with Gasteiger partial charge in [-0.2, -0.15) is 0 Å². The lowest BCUT2D eigenvalue weighted by atomic mass is 9.94. The summed E-state index contributed by atoms with van der Waals surface area (Å²) in [6.07, 6.45) is 0.961. The van der Waals surface area contributed by atoms with Crippen molar-refractivity contribution in [1.29, 1.82) is 0 Å². The van der Waals surface area contributed by atoms with E-state index >= 15 is 0 Å². The molecule has 3 aromatic rings. The fraction of sp³-hybridized carbons (Fsp3) is 0.200. The number of rotatable bonds is 3. The van der Waals surface area contributed by atoms with Crippen molar-refractivity contribution in [1.82, 2.24) is 4.98 Å². The molecule has 0 saturated heterocycles. The van der Waals surface area contributed by atoms with E-state index in [2.05, 4.69) is 4.98 Å². The van der Waals surface area contributed by atoms with Crippen LogP contribution in [-0.2, 0) is 6.42 Å². The van der Waals surface area contributed by atoms with Crippen LogP contribution in [0.4, 0.5) is 0 Å². The number of ketones is 1. The highest BCUT2D eigenvalue weighted by Crippen LogP contribution is 2.42. The van der Waals surface area contributed by atoms with Gasteiger partial charge < -0.3 is 19.7 Å². The van der Waals surface area contributed by atoms with Gasteiger partial charge in [-0.25, -0.2) is 0 Å². The van der Waals surface area contributed by atoms with E-state index < -0.39 is 0 Å². The molecule has 2 aromatic carbocycles. The number of nitrogens with zero attached hydrogens (tertiary/aromatic N) is 1. The van der Waals surface area contributed by atoms with Crippen molar-refractivity contribution in [2.75, 3.05) is 14.2 Å². The van der Waals surface area contributed by atoms with E-state index in [-0.39, 0.29) is 17.3 Å². The van der Waals surface area contributed by atoms with Crippen LogP contribution in [-0.4, -0.2) is 35.2 Å². The molecule has 6 heteroatoms. The molecule has 0 spiro atoms. The summed E-state index contributed by atoms with van der Waals surface area (Å²) in [6.45, 7) is 0. The molecule has 1 aliphatic carbocycles. The van der Waals surface area contributed by atoms with E-state index in [9.17, 15) is 15.0 Å². The molecule has 0 saturated carbocycles. The number of fused-ring (bicyclic) bond motifs is 2. The monoisotopic (exact) mass is 351 g/mol. The van der Waals surface area contributed by atoms with Crippen molar-refractivity contribution < 1.29 is 24.5 Å². The predicted octanol–water partition coefficient (Wildman–Crippen LogP) is 3.46. The molecule has 1 aromatic heterocycles. The Labute approximate surface area is 149 Å². The first-order valence-corrected chi connectivity index (χ1v) is 8.17. The maximum atomic E-state index is 12.5. The number of phenols is 2. The molecule has 0 aliphatic heterocycles. The highest BCUT2D eigenvalue weighted by Gasteiger charge is 2.28. The van der Waals surface area contributed by atoms with Gasteiger partial charge in [-0.3, -0.25) is 9.78 Å². The molecule has 6 nitrogen and oxygen atoms in total. The second-order valence-electron chi connectivity index (χ2n) is 6.16. The zero-order valence-corrected chi connectivity index (χ0v) is 14.4. The number of aromatic nitrogens is 1. The van der Waals surface area contributed by atoms with Gasteiger partial charge in [0, 0.05) is 29.0 Å². The van der Waals surface area contributed by atoms with Gasteiger partial charge in [0.05, 0.1) is 25.4 Å². The molecule has 0 amide bonds. The third-order valence-corrected chi connectivity index (χ3v) is 4.70. The fourth-order valence-electron chi connectivity index (χ4n) is 3.48. The number of hydrogen-bond donors (Lipinski definition) is 2. The van der Waals surface area contributed by atoms with Crippen LogP contribution < -0.4 is 9.47 Å². The number of ether oxygens (including phenoxy) is 2. The summed E-state index contributed by atoms with van der Waals surface area (Å²) in [5, 5.41) is 21.0. The first kappa shape index (κ1) is 16.2. The van der Waals surface area contributed by atoms with Gasteiger partial charge in [0.25, 0.3) is 0 Å². The lowest BCUT2D eigenvalue weighted by Gasteiger charge is -2.15. The van der Waals surface area contributed by atoms with Crippen molar-refractivity contribution in [3.63, 3.8) is 0 Å². The number of aromatic hydroxyl groups is 2. The average Bonchev–Trinajstić information content (AvgIpc) is 2.99. The fourth-order valence-corrected chi connectivity index (χ4v) is 3.48. The lowest BCUT2D eigenvalue weighted by Crippen LogP contribution is -2.00. The van der Waals surface area contributed by atoms with Crippen LogP contribution in [0.15, 0.2) is 30.3 Å². The molecule has 132 valence electrons. The summed E-state index contributed by atoms with van der Waals surface area (Å²) in [5.41, 5.74) is 3.20. The molecular formula is C20H17NO5. The van der Waals surface area contributed by atoms with Crippen LogP contribution in [0.25, 0.3) is 22.0 Å². The Kier molecular flexibility index (Phi) is 3.68. The highest BCUT2D eigenvalue weighted by molar-refractivity contribution is 6.12. The van der Waals surface area contributed by atoms with Crippen molar-refractivity contribution >= 4 is 16.7 Å². The van der Waals surface area contributed by atoms with Gasteiger partial charge in [-0.15, -0.1) is 0 Å². The molecule has 4 rings (SSSR count). The molecule has 1 aliphatic rings. The van der Waals surface area contributed by atoms with E-state index in [0.717, 1.165) is 0 Å². The summed E-state index contributed by atoms with van der Waals surface area (Å²) in [5.74, 6) is 0.640. The molecule has 0 atom stereocenters. The minimum Gasteiger partial charge on any atom is -0.504 e. The van der Waals surface area contributed by atoms with E-state index in [0.29, 0.717) is 57.6 Å². The summed E-state index contributed by atoms with van der Waals surface area (Å²) < 4.78 is 10.3. The molecular weight excluding hydrogens is 334 g/mol. The summed E-state index contributed by atoms with van der Waals surface area (Å²) in [7, 11) is 2.94. The topological polar surface area (TPSA) is 88.9 Å². The Bertz CT molecular complexity index is 1060. The van der Waals surface area contributed by atoms with E-state index in [4.69, 9.17) is 9.47 Å². The predicted molar refractivity (Wildman–Crippen MR) is 96.3 cm³/mol. The molecule has 26 heavy (non-hydrogen) atoms. The minimum atomic E-state index is -0.0140. The number of carbonyl (C=O) groups is 1. The first-order valence-electron chi connectivity index (χ1n) is 8.17. The van der Waals surface area contributed by atoms with Crippen LogP contribution >= 0.6 is 0 Å². The molecule has 0 unspecified atom stereocenters. The zero-order valence-electron chi connectivity index (χ0n) is 14.4. The number of methoxy groups -OCH3 is 2. The van der Waals surface area contributed by atoms with Gasteiger partial charge in [0.15, 0.2) is 28.8 Å². The smallest absolute Gasteiger partial charge is 0.165 e. The Hall–Kier alpha value is -3.28. The lowest BCUT2D eigenvalue weighted by molar-refractivity contribution is 0.0995. The quantitative estimate of drug-likeness (QED) is 0.751. The van der Waals surface area contributed by atoms with Gasteiger partial charge in [0.1, 0.15) is 0 Å². The number of carbonyl (C=O) groups excluding carboxylic acids is 1. The zero-order chi connectivity index (χ0) is 18.4. The highest BCUT2D eigenvalue weighted by atomic mass is 16.5. The summed E-state index contributed by atoms with van der Waals surface area (Å²) in [4.78, 5) is 17.1. The number of phenolic OH excluding ortho intramolecular Hbond substituents is 2. The number of pyridine rings is 1. The SMILES string of the molecule is COc1ccc(-c2c3c(nc4cc(O)c(OC)cc24)CCC3=O)cc1O. The van der Waals surface area contributed by atoms with Crippen molar-refractivity contribution in [3.05, 3.63) is 41.6 Å². The standard InChI is InChI=1S/C20H17NO5/c1-25-17-6-3-10(7-15(17)23)19-11-8-18(26-2)16(24)9-13(11)21-12-4-5-14(22)20(12)19/h3,6-9,23-24H,4-5H2,1-2H3. The Balaban J connectivity index is 2.10. The van der Waals surface area contributed by atoms with Crippen molar-refractivity contribution in [2.45, 2.75) is 12.8 Å². The third-order valence-electron chi connectivity index (χ3n) is 4.70. The maximum Gasteiger partial charge on any atom is 0.165 e. The second kappa shape index (κ2) is 5.91. The Morgan fingerprint density at radius 2 is 1.65 bits per heavy atom. The van der Waals surface area contributed by atoms with Crippen LogP contribution in [0.3, 0.4) is 0 Å². The molecule has 0 fully saturated rings. The largest absolute Gasteiger partial charge is 0.504 e. The Morgan fingerprint density at radius 1 is 0.923 bits per heavy atom. The minimum absolute atomic E-state index is 0.0136. The average molecular weight is 351 g/mol. The van der Waals surface area contributed by atoms with E-state index in [1.165, 1.54) is 20.3 Å². The first-order chi connectivity index (χ1) is 12.5. The molecule has 1 heterocycles. The van der Waals surface area contributed by atoms with E-state index in [1.807, 2.05) is 0 Å². The van der Waals surface area contributed by atoms with Crippen molar-refractivity contribution in [3.8, 4) is 34.1 Å². The van der Waals surface area contributed by atoms with Crippen LogP contribution in [0.5, 0.6) is 23.0 Å².